The molecule has 0 spiro atoms. The first kappa shape index (κ1) is 13.8. The molecule has 2 aromatic heterocycles. The van der Waals surface area contributed by atoms with E-state index in [1.54, 1.807) is 25.1 Å². The summed E-state index contributed by atoms with van der Waals surface area (Å²) in [6.07, 6.45) is 1.53. The molecule has 1 aromatic carbocycles. The quantitative estimate of drug-likeness (QED) is 0.760. The molecule has 0 aliphatic rings. The lowest BCUT2D eigenvalue weighted by molar-refractivity contribution is 0.432. The van der Waals surface area contributed by atoms with Crippen molar-refractivity contribution >= 4 is 0 Å². The summed E-state index contributed by atoms with van der Waals surface area (Å²) in [5.74, 6) is -0.474. The van der Waals surface area contributed by atoms with Crippen LogP contribution >= 0.6 is 0 Å². The van der Waals surface area contributed by atoms with Crippen molar-refractivity contribution in [2.24, 2.45) is 0 Å². The van der Waals surface area contributed by atoms with E-state index in [0.717, 1.165) is 0 Å². The van der Waals surface area contributed by atoms with Gasteiger partial charge >= 0.3 is 0 Å². The first-order chi connectivity index (χ1) is 10.6. The molecule has 5 nitrogen and oxygen atoms in total. The van der Waals surface area contributed by atoms with Gasteiger partial charge in [-0.25, -0.2) is 9.37 Å². The molecule has 0 saturated carbocycles. The number of phenolic OH excluding ortho intramolecular Hbond substituents is 1. The van der Waals surface area contributed by atoms with Gasteiger partial charge in [-0.05, 0) is 37.3 Å². The number of phenols is 1. The van der Waals surface area contributed by atoms with Gasteiger partial charge in [0.1, 0.15) is 11.5 Å². The van der Waals surface area contributed by atoms with Gasteiger partial charge in [0.15, 0.2) is 11.6 Å². The molecule has 0 fully saturated rings. The molecule has 3 rings (SSSR count). The number of hydrogen-bond donors (Lipinski definition) is 2. The Morgan fingerprint density at radius 3 is 2.82 bits per heavy atom. The number of aromatic amines is 1. The van der Waals surface area contributed by atoms with Crippen LogP contribution in [0, 0.1) is 24.1 Å². The van der Waals surface area contributed by atoms with Crippen molar-refractivity contribution in [1.82, 2.24) is 15.0 Å². The SMILES string of the molecule is Cc1nc(-c2cc(C#N)ccn2)c(-c2ccc(F)c(O)c2)[nH]1. The maximum absolute atomic E-state index is 13.2. The van der Waals surface area contributed by atoms with Crippen molar-refractivity contribution in [2.45, 2.75) is 6.92 Å². The van der Waals surface area contributed by atoms with Crippen LogP contribution in [0.15, 0.2) is 36.5 Å². The maximum atomic E-state index is 13.2. The number of H-pyrrole nitrogens is 1. The number of hydrogen-bond acceptors (Lipinski definition) is 4. The molecular weight excluding hydrogens is 283 g/mol. The summed E-state index contributed by atoms with van der Waals surface area (Å²) in [5.41, 5.74) is 2.73. The minimum Gasteiger partial charge on any atom is -0.505 e. The standard InChI is InChI=1S/C16H11FN4O/c1-9-20-15(11-2-3-12(17)14(22)7-11)16(21-9)13-6-10(8-18)4-5-19-13/h2-7,22H,1H3,(H,20,21). The minimum atomic E-state index is -0.689. The minimum absolute atomic E-state index is 0.436. The molecule has 0 unspecified atom stereocenters. The van der Waals surface area contributed by atoms with Gasteiger partial charge < -0.3 is 10.1 Å². The Labute approximate surface area is 125 Å². The summed E-state index contributed by atoms with van der Waals surface area (Å²) in [4.78, 5) is 11.7. The highest BCUT2D eigenvalue weighted by molar-refractivity contribution is 5.77. The van der Waals surface area contributed by atoms with Crippen LogP contribution in [0.5, 0.6) is 5.75 Å². The van der Waals surface area contributed by atoms with E-state index in [2.05, 4.69) is 21.0 Å². The van der Waals surface area contributed by atoms with Crippen molar-refractivity contribution in [2.75, 3.05) is 0 Å². The Kier molecular flexibility index (Phi) is 3.31. The van der Waals surface area contributed by atoms with Gasteiger partial charge in [-0.3, -0.25) is 4.98 Å². The molecule has 0 bridgehead atoms. The Morgan fingerprint density at radius 1 is 1.27 bits per heavy atom. The van der Waals surface area contributed by atoms with E-state index in [-0.39, 0.29) is 0 Å². The smallest absolute Gasteiger partial charge is 0.164 e. The molecular formula is C16H11FN4O. The maximum Gasteiger partial charge on any atom is 0.164 e. The zero-order valence-corrected chi connectivity index (χ0v) is 11.6. The Morgan fingerprint density at radius 2 is 2.09 bits per heavy atom. The molecule has 0 amide bonds. The normalized spacial score (nSPS) is 10.4. The van der Waals surface area contributed by atoms with Crippen LogP contribution in [0.4, 0.5) is 4.39 Å². The molecule has 22 heavy (non-hydrogen) atoms. The van der Waals surface area contributed by atoms with Gasteiger partial charge in [0, 0.05) is 11.8 Å². The lowest BCUT2D eigenvalue weighted by Crippen LogP contribution is -1.89. The average Bonchev–Trinajstić information content (AvgIpc) is 2.92. The van der Waals surface area contributed by atoms with Crippen LogP contribution in [-0.4, -0.2) is 20.1 Å². The fraction of sp³-hybridized carbons (Fsp3) is 0.0625. The van der Waals surface area contributed by atoms with Gasteiger partial charge in [-0.1, -0.05) is 0 Å². The molecule has 2 N–H and O–H groups in total. The highest BCUT2D eigenvalue weighted by Crippen LogP contribution is 2.31. The van der Waals surface area contributed by atoms with E-state index in [1.807, 2.05) is 0 Å². The van der Waals surface area contributed by atoms with Gasteiger partial charge in [0.2, 0.25) is 0 Å². The third-order valence-corrected chi connectivity index (χ3v) is 3.19. The van der Waals surface area contributed by atoms with Gasteiger partial charge in [0.05, 0.1) is 23.0 Å². The summed E-state index contributed by atoms with van der Waals surface area (Å²) in [6, 6.07) is 9.33. The zero-order valence-electron chi connectivity index (χ0n) is 11.6. The van der Waals surface area contributed by atoms with Crippen LogP contribution in [0.25, 0.3) is 22.6 Å². The summed E-state index contributed by atoms with van der Waals surface area (Å²) in [7, 11) is 0. The number of pyridine rings is 1. The number of nitriles is 1. The van der Waals surface area contributed by atoms with Crippen LogP contribution in [0.1, 0.15) is 11.4 Å². The highest BCUT2D eigenvalue weighted by Gasteiger charge is 2.15. The van der Waals surface area contributed by atoms with E-state index in [1.165, 1.54) is 18.3 Å². The van der Waals surface area contributed by atoms with Crippen LogP contribution < -0.4 is 0 Å². The second-order valence-electron chi connectivity index (χ2n) is 4.75. The number of aromatic nitrogens is 3. The zero-order chi connectivity index (χ0) is 15.7. The van der Waals surface area contributed by atoms with E-state index < -0.39 is 11.6 Å². The number of rotatable bonds is 2. The number of aromatic hydroxyl groups is 1. The van der Waals surface area contributed by atoms with Gasteiger partial charge in [-0.2, -0.15) is 5.26 Å². The number of imidazole rings is 1. The van der Waals surface area contributed by atoms with E-state index in [4.69, 9.17) is 5.26 Å². The first-order valence-corrected chi connectivity index (χ1v) is 6.50. The van der Waals surface area contributed by atoms with Crippen LogP contribution in [0.2, 0.25) is 0 Å². The predicted octanol–water partition coefficient (Wildman–Crippen LogP) is 3.16. The molecule has 2 heterocycles. The predicted molar refractivity (Wildman–Crippen MR) is 78.3 cm³/mol. The van der Waals surface area contributed by atoms with E-state index in [9.17, 15) is 9.50 Å². The van der Waals surface area contributed by atoms with E-state index >= 15 is 0 Å². The van der Waals surface area contributed by atoms with Gasteiger partial charge in [0.25, 0.3) is 0 Å². The summed E-state index contributed by atoms with van der Waals surface area (Å²) >= 11 is 0. The second kappa shape index (κ2) is 5.30. The Bertz CT molecular complexity index is 895. The Hall–Kier alpha value is -3.20. The fourth-order valence-corrected chi connectivity index (χ4v) is 2.18. The molecule has 0 aliphatic heterocycles. The molecule has 6 heteroatoms. The summed E-state index contributed by atoms with van der Waals surface area (Å²) in [5, 5.41) is 18.5. The molecule has 0 radical (unpaired) electrons. The number of halogens is 1. The number of benzene rings is 1. The largest absolute Gasteiger partial charge is 0.505 e. The number of nitrogens with zero attached hydrogens (tertiary/aromatic N) is 3. The van der Waals surface area contributed by atoms with E-state index in [0.29, 0.717) is 34.0 Å². The van der Waals surface area contributed by atoms with Crippen molar-refractivity contribution in [3.63, 3.8) is 0 Å². The highest BCUT2D eigenvalue weighted by atomic mass is 19.1. The lowest BCUT2D eigenvalue weighted by Gasteiger charge is -2.04. The number of nitrogens with one attached hydrogen (secondary N) is 1. The average molecular weight is 294 g/mol. The van der Waals surface area contributed by atoms with Crippen LogP contribution in [-0.2, 0) is 0 Å². The lowest BCUT2D eigenvalue weighted by atomic mass is 10.1. The fourth-order valence-electron chi connectivity index (χ4n) is 2.18. The third kappa shape index (κ3) is 2.40. The van der Waals surface area contributed by atoms with Crippen molar-refractivity contribution in [3.8, 4) is 34.5 Å². The molecule has 0 aliphatic carbocycles. The molecule has 0 saturated heterocycles. The van der Waals surface area contributed by atoms with Crippen molar-refractivity contribution in [1.29, 1.82) is 5.26 Å². The Balaban J connectivity index is 2.17. The summed E-state index contributed by atoms with van der Waals surface area (Å²) < 4.78 is 13.2. The molecule has 108 valence electrons. The topological polar surface area (TPSA) is 85.6 Å². The molecule has 3 aromatic rings. The van der Waals surface area contributed by atoms with Crippen molar-refractivity contribution < 1.29 is 9.50 Å². The summed E-state index contributed by atoms with van der Waals surface area (Å²) in [6.45, 7) is 1.78. The van der Waals surface area contributed by atoms with Crippen molar-refractivity contribution in [3.05, 3.63) is 53.7 Å². The first-order valence-electron chi connectivity index (χ1n) is 6.50. The molecule has 0 atom stereocenters. The van der Waals surface area contributed by atoms with Crippen LogP contribution in [0.3, 0.4) is 0 Å². The van der Waals surface area contributed by atoms with Gasteiger partial charge in [-0.15, -0.1) is 0 Å². The monoisotopic (exact) mass is 294 g/mol. The number of aryl methyl sites for hydroxylation is 1. The third-order valence-electron chi connectivity index (χ3n) is 3.19. The second-order valence-corrected chi connectivity index (χ2v) is 4.75.